The highest BCUT2D eigenvalue weighted by Crippen LogP contribution is 2.39. The molecule has 1 fully saturated rings. The van der Waals surface area contributed by atoms with Crippen molar-refractivity contribution in [1.29, 1.82) is 0 Å². The van der Waals surface area contributed by atoms with Crippen LogP contribution in [-0.4, -0.2) is 20.5 Å². The second kappa shape index (κ2) is 4.08. The number of rotatable bonds is 3. The Hall–Kier alpha value is -0.910. The Morgan fingerprint density at radius 2 is 1.88 bits per heavy atom. The van der Waals surface area contributed by atoms with Gasteiger partial charge in [-0.1, -0.05) is 32.0 Å². The second-order valence-corrected chi connectivity index (χ2v) is 6.86. The van der Waals surface area contributed by atoms with E-state index in [0.29, 0.717) is 11.3 Å². The largest absolute Gasteiger partial charge is 0.327 e. The minimum absolute atomic E-state index is 0.0611. The molecule has 1 aliphatic rings. The molecule has 0 bridgehead atoms. The lowest BCUT2D eigenvalue weighted by Crippen LogP contribution is -2.64. The van der Waals surface area contributed by atoms with Gasteiger partial charge in [0.1, 0.15) is 0 Å². The van der Waals surface area contributed by atoms with E-state index in [1.165, 1.54) is 0 Å². The lowest BCUT2D eigenvalue weighted by atomic mass is 9.64. The zero-order valence-corrected chi connectivity index (χ0v) is 10.9. The first-order chi connectivity index (χ1) is 7.84. The van der Waals surface area contributed by atoms with Crippen LogP contribution in [0.15, 0.2) is 35.2 Å². The zero-order chi connectivity index (χ0) is 12.7. The standard InChI is InChI=1S/C12H18N2O2S/c1-12(2)10(13)8-11(12)14-17(15,16)9-6-4-3-5-7-9/h3-7,10-11,14H,8,13H2,1-2H3. The van der Waals surface area contributed by atoms with Crippen LogP contribution < -0.4 is 10.5 Å². The van der Waals surface area contributed by atoms with Gasteiger partial charge in [-0.25, -0.2) is 13.1 Å². The average Bonchev–Trinajstić information content (AvgIpc) is 2.30. The molecule has 17 heavy (non-hydrogen) atoms. The first-order valence-corrected chi connectivity index (χ1v) is 7.15. The summed E-state index contributed by atoms with van der Waals surface area (Å²) >= 11 is 0. The number of hydrogen-bond donors (Lipinski definition) is 2. The normalized spacial score (nSPS) is 27.5. The van der Waals surface area contributed by atoms with Crippen LogP contribution in [0.25, 0.3) is 0 Å². The number of hydrogen-bond acceptors (Lipinski definition) is 3. The van der Waals surface area contributed by atoms with Crippen molar-refractivity contribution in [2.75, 3.05) is 0 Å². The van der Waals surface area contributed by atoms with Crippen molar-refractivity contribution in [1.82, 2.24) is 4.72 Å². The fraction of sp³-hybridized carbons (Fsp3) is 0.500. The van der Waals surface area contributed by atoms with Gasteiger partial charge in [0, 0.05) is 12.1 Å². The SMILES string of the molecule is CC1(C)C(N)CC1NS(=O)(=O)c1ccccc1. The molecule has 0 aromatic heterocycles. The molecular formula is C12H18N2O2S. The molecule has 1 aromatic carbocycles. The van der Waals surface area contributed by atoms with Crippen LogP contribution in [0.2, 0.25) is 0 Å². The van der Waals surface area contributed by atoms with Crippen LogP contribution in [0.3, 0.4) is 0 Å². The Bertz CT molecular complexity index is 496. The van der Waals surface area contributed by atoms with Gasteiger partial charge in [-0.15, -0.1) is 0 Å². The van der Waals surface area contributed by atoms with E-state index in [1.54, 1.807) is 30.3 Å². The molecular weight excluding hydrogens is 236 g/mol. The van der Waals surface area contributed by atoms with E-state index >= 15 is 0 Å². The molecule has 3 N–H and O–H groups in total. The van der Waals surface area contributed by atoms with Crippen molar-refractivity contribution >= 4 is 10.0 Å². The molecule has 0 saturated heterocycles. The van der Waals surface area contributed by atoms with E-state index in [4.69, 9.17) is 5.73 Å². The topological polar surface area (TPSA) is 72.2 Å². The quantitative estimate of drug-likeness (QED) is 0.848. The maximum Gasteiger partial charge on any atom is 0.240 e. The van der Waals surface area contributed by atoms with Crippen molar-refractivity contribution in [2.24, 2.45) is 11.1 Å². The van der Waals surface area contributed by atoms with Gasteiger partial charge in [-0.05, 0) is 24.0 Å². The highest BCUT2D eigenvalue weighted by atomic mass is 32.2. The predicted molar refractivity (Wildman–Crippen MR) is 66.9 cm³/mol. The predicted octanol–water partition coefficient (Wildman–Crippen LogP) is 1.09. The maximum absolute atomic E-state index is 12.1. The van der Waals surface area contributed by atoms with E-state index < -0.39 is 10.0 Å². The highest BCUT2D eigenvalue weighted by Gasteiger charge is 2.47. The molecule has 94 valence electrons. The molecule has 2 atom stereocenters. The van der Waals surface area contributed by atoms with Crippen molar-refractivity contribution in [3.8, 4) is 0 Å². The van der Waals surface area contributed by atoms with Crippen molar-refractivity contribution in [3.63, 3.8) is 0 Å². The Morgan fingerprint density at radius 3 is 2.35 bits per heavy atom. The van der Waals surface area contributed by atoms with E-state index in [0.717, 1.165) is 0 Å². The Morgan fingerprint density at radius 1 is 1.29 bits per heavy atom. The summed E-state index contributed by atoms with van der Waals surface area (Å²) in [6, 6.07) is 8.39. The van der Waals surface area contributed by atoms with Gasteiger partial charge in [-0.2, -0.15) is 0 Å². The lowest BCUT2D eigenvalue weighted by Gasteiger charge is -2.50. The van der Waals surface area contributed by atoms with Gasteiger partial charge in [0.25, 0.3) is 0 Å². The van der Waals surface area contributed by atoms with Crippen LogP contribution in [0.4, 0.5) is 0 Å². The minimum Gasteiger partial charge on any atom is -0.327 e. The molecule has 0 radical (unpaired) electrons. The Labute approximate surface area is 102 Å². The summed E-state index contributed by atoms with van der Waals surface area (Å²) in [4.78, 5) is 0.302. The number of nitrogens with two attached hydrogens (primary N) is 1. The molecule has 2 rings (SSSR count). The summed E-state index contributed by atoms with van der Waals surface area (Å²) in [6.45, 7) is 3.97. The molecule has 5 heteroatoms. The number of nitrogens with one attached hydrogen (secondary N) is 1. The molecule has 0 aliphatic heterocycles. The number of sulfonamides is 1. The second-order valence-electron chi connectivity index (χ2n) is 5.15. The Kier molecular flexibility index (Phi) is 3.01. The van der Waals surface area contributed by atoms with Gasteiger partial charge in [0.15, 0.2) is 0 Å². The summed E-state index contributed by atoms with van der Waals surface area (Å²) in [5, 5.41) is 0. The van der Waals surface area contributed by atoms with Gasteiger partial charge in [-0.3, -0.25) is 0 Å². The first kappa shape index (κ1) is 12.5. The fourth-order valence-electron chi connectivity index (χ4n) is 2.01. The zero-order valence-electron chi connectivity index (χ0n) is 10.1. The first-order valence-electron chi connectivity index (χ1n) is 5.67. The van der Waals surface area contributed by atoms with Gasteiger partial charge < -0.3 is 5.73 Å². The Balaban J connectivity index is 2.15. The summed E-state index contributed by atoms with van der Waals surface area (Å²) in [7, 11) is -3.42. The molecule has 1 saturated carbocycles. The molecule has 1 aliphatic carbocycles. The summed E-state index contributed by atoms with van der Waals surface area (Å²) < 4.78 is 26.9. The van der Waals surface area contributed by atoms with E-state index in [1.807, 2.05) is 13.8 Å². The number of benzene rings is 1. The molecule has 2 unspecified atom stereocenters. The maximum atomic E-state index is 12.1. The third-order valence-corrected chi connectivity index (χ3v) is 5.18. The lowest BCUT2D eigenvalue weighted by molar-refractivity contribution is 0.0903. The minimum atomic E-state index is -3.42. The van der Waals surface area contributed by atoms with Crippen molar-refractivity contribution < 1.29 is 8.42 Å². The monoisotopic (exact) mass is 254 g/mol. The average molecular weight is 254 g/mol. The molecule has 4 nitrogen and oxygen atoms in total. The van der Waals surface area contributed by atoms with Crippen LogP contribution in [0, 0.1) is 5.41 Å². The van der Waals surface area contributed by atoms with Crippen molar-refractivity contribution in [2.45, 2.75) is 37.2 Å². The highest BCUT2D eigenvalue weighted by molar-refractivity contribution is 7.89. The molecule has 0 amide bonds. The van der Waals surface area contributed by atoms with E-state index in [-0.39, 0.29) is 17.5 Å². The summed E-state index contributed by atoms with van der Waals surface area (Å²) in [5.41, 5.74) is 5.69. The summed E-state index contributed by atoms with van der Waals surface area (Å²) in [6.07, 6.45) is 0.694. The molecule has 1 aromatic rings. The third-order valence-electron chi connectivity index (χ3n) is 3.69. The molecule has 0 heterocycles. The van der Waals surface area contributed by atoms with Crippen LogP contribution >= 0.6 is 0 Å². The van der Waals surface area contributed by atoms with Crippen molar-refractivity contribution in [3.05, 3.63) is 30.3 Å². The van der Waals surface area contributed by atoms with Gasteiger partial charge in [0.05, 0.1) is 4.90 Å². The van der Waals surface area contributed by atoms with E-state index in [2.05, 4.69) is 4.72 Å². The van der Waals surface area contributed by atoms with Crippen LogP contribution in [0.5, 0.6) is 0 Å². The fourth-order valence-corrected chi connectivity index (χ4v) is 3.44. The third kappa shape index (κ3) is 2.22. The van der Waals surface area contributed by atoms with Crippen LogP contribution in [0.1, 0.15) is 20.3 Å². The van der Waals surface area contributed by atoms with Gasteiger partial charge >= 0.3 is 0 Å². The van der Waals surface area contributed by atoms with Gasteiger partial charge in [0.2, 0.25) is 10.0 Å². The summed E-state index contributed by atoms with van der Waals surface area (Å²) in [5.74, 6) is 0. The van der Waals surface area contributed by atoms with E-state index in [9.17, 15) is 8.42 Å². The smallest absolute Gasteiger partial charge is 0.240 e. The molecule has 0 spiro atoms. The van der Waals surface area contributed by atoms with Crippen LogP contribution in [-0.2, 0) is 10.0 Å².